The van der Waals surface area contributed by atoms with Gasteiger partial charge in [-0.15, -0.1) is 0 Å². The molecular weight excluding hydrogens is 414 g/mol. The third kappa shape index (κ3) is 4.26. The second kappa shape index (κ2) is 9.77. The Morgan fingerprint density at radius 1 is 1.12 bits per heavy atom. The van der Waals surface area contributed by atoms with Crippen LogP contribution in [0.5, 0.6) is 5.75 Å². The van der Waals surface area contributed by atoms with Crippen LogP contribution in [0.4, 0.5) is 14.6 Å². The molecule has 1 aliphatic carbocycles. The Bertz CT molecular complexity index is 1070. The molecule has 0 amide bonds. The van der Waals surface area contributed by atoms with Gasteiger partial charge in [-0.25, -0.2) is 23.3 Å². The minimum atomic E-state index is -0.746. The van der Waals surface area contributed by atoms with Gasteiger partial charge in [-0.3, -0.25) is 0 Å². The van der Waals surface area contributed by atoms with E-state index in [0.717, 1.165) is 57.0 Å². The van der Waals surface area contributed by atoms with E-state index < -0.39 is 11.6 Å². The molecule has 9 heteroatoms. The summed E-state index contributed by atoms with van der Waals surface area (Å²) in [5, 5.41) is 11.0. The van der Waals surface area contributed by atoms with Crippen LogP contribution in [0.25, 0.3) is 17.0 Å². The van der Waals surface area contributed by atoms with E-state index >= 15 is 0 Å². The van der Waals surface area contributed by atoms with Gasteiger partial charge in [-0.1, -0.05) is 26.7 Å². The first-order valence-corrected chi connectivity index (χ1v) is 11.4. The minimum absolute atomic E-state index is 0.0207. The lowest BCUT2D eigenvalue weighted by atomic mass is 10.0. The summed E-state index contributed by atoms with van der Waals surface area (Å²) in [7, 11) is 1.62. The highest BCUT2D eigenvalue weighted by molar-refractivity contribution is 5.63. The second-order valence-electron chi connectivity index (χ2n) is 7.98. The lowest BCUT2D eigenvalue weighted by molar-refractivity contribution is 0.399. The van der Waals surface area contributed by atoms with Gasteiger partial charge < -0.3 is 15.4 Å². The molecule has 2 aliphatic rings. The molecule has 0 bridgehead atoms. The molecule has 172 valence electrons. The van der Waals surface area contributed by atoms with Crippen molar-refractivity contribution in [3.8, 4) is 17.1 Å². The zero-order chi connectivity index (χ0) is 22.7. The number of hydrogen-bond acceptors (Lipinski definition) is 6. The Morgan fingerprint density at radius 2 is 1.91 bits per heavy atom. The Morgan fingerprint density at radius 3 is 2.59 bits per heavy atom. The summed E-state index contributed by atoms with van der Waals surface area (Å²) in [5.41, 5.74) is 1.78. The lowest BCUT2D eigenvalue weighted by Crippen LogP contribution is -2.23. The highest BCUT2D eigenvalue weighted by Gasteiger charge is 2.25. The number of rotatable bonds is 5. The van der Waals surface area contributed by atoms with Gasteiger partial charge >= 0.3 is 0 Å². The van der Waals surface area contributed by atoms with Gasteiger partial charge in [0.05, 0.1) is 13.3 Å². The molecule has 1 unspecified atom stereocenters. The molecule has 1 saturated heterocycles. The van der Waals surface area contributed by atoms with E-state index in [1.165, 1.54) is 6.20 Å². The SMILES string of the molecule is CC.COc1cc2ncc(-c3nc(NC4CCNC4)c(F)cc3F)n2nc1C1CCCC1. The highest BCUT2D eigenvalue weighted by Crippen LogP contribution is 2.38. The van der Waals surface area contributed by atoms with E-state index in [1.807, 2.05) is 19.9 Å². The van der Waals surface area contributed by atoms with Crippen molar-refractivity contribution < 1.29 is 13.5 Å². The van der Waals surface area contributed by atoms with E-state index in [9.17, 15) is 8.78 Å². The van der Waals surface area contributed by atoms with Crippen molar-refractivity contribution in [1.29, 1.82) is 0 Å². The Hall–Kier alpha value is -2.81. The normalized spacial score (nSPS) is 18.6. The first-order chi connectivity index (χ1) is 15.6. The number of nitrogens with zero attached hydrogens (tertiary/aromatic N) is 4. The first-order valence-electron chi connectivity index (χ1n) is 11.4. The summed E-state index contributed by atoms with van der Waals surface area (Å²) < 4.78 is 36.2. The lowest BCUT2D eigenvalue weighted by Gasteiger charge is -2.15. The Kier molecular flexibility index (Phi) is 6.83. The molecule has 32 heavy (non-hydrogen) atoms. The molecule has 4 heterocycles. The fraction of sp³-hybridized carbons (Fsp3) is 0.522. The van der Waals surface area contributed by atoms with Gasteiger partial charge in [0.15, 0.2) is 23.1 Å². The maximum absolute atomic E-state index is 14.7. The van der Waals surface area contributed by atoms with Gasteiger partial charge in [0.1, 0.15) is 22.8 Å². The number of pyridine rings is 1. The number of halogens is 2. The number of hydrogen-bond donors (Lipinski definition) is 2. The van der Waals surface area contributed by atoms with Crippen molar-refractivity contribution in [3.05, 3.63) is 35.7 Å². The molecular formula is C23H30F2N6O. The van der Waals surface area contributed by atoms with E-state index in [-0.39, 0.29) is 17.6 Å². The van der Waals surface area contributed by atoms with E-state index in [4.69, 9.17) is 9.84 Å². The molecule has 7 nitrogen and oxygen atoms in total. The summed E-state index contributed by atoms with van der Waals surface area (Å²) in [6, 6.07) is 2.74. The van der Waals surface area contributed by atoms with E-state index in [1.54, 1.807) is 11.6 Å². The number of nitrogens with one attached hydrogen (secondary N) is 2. The van der Waals surface area contributed by atoms with Crippen LogP contribution in [0.3, 0.4) is 0 Å². The maximum atomic E-state index is 14.7. The fourth-order valence-corrected chi connectivity index (χ4v) is 4.44. The summed E-state index contributed by atoms with van der Waals surface area (Å²) in [6.45, 7) is 5.58. The fourth-order valence-electron chi connectivity index (χ4n) is 4.44. The van der Waals surface area contributed by atoms with Crippen molar-refractivity contribution >= 4 is 11.5 Å². The quantitative estimate of drug-likeness (QED) is 0.602. The monoisotopic (exact) mass is 444 g/mol. The molecule has 0 radical (unpaired) electrons. The topological polar surface area (TPSA) is 76.4 Å². The number of methoxy groups -OCH3 is 1. The van der Waals surface area contributed by atoms with E-state index in [2.05, 4.69) is 20.6 Å². The van der Waals surface area contributed by atoms with Crippen LogP contribution in [0.1, 0.15) is 57.6 Å². The van der Waals surface area contributed by atoms with Crippen molar-refractivity contribution in [1.82, 2.24) is 24.9 Å². The highest BCUT2D eigenvalue weighted by atomic mass is 19.1. The van der Waals surface area contributed by atoms with Gasteiger partial charge in [-0.2, -0.15) is 5.10 Å². The van der Waals surface area contributed by atoms with Crippen molar-refractivity contribution in [3.63, 3.8) is 0 Å². The zero-order valence-corrected chi connectivity index (χ0v) is 18.8. The van der Waals surface area contributed by atoms with Crippen molar-refractivity contribution in [2.75, 3.05) is 25.5 Å². The molecule has 0 aromatic carbocycles. The summed E-state index contributed by atoms with van der Waals surface area (Å²) >= 11 is 0. The van der Waals surface area contributed by atoms with Gasteiger partial charge in [0.2, 0.25) is 0 Å². The number of fused-ring (bicyclic) bond motifs is 1. The number of imidazole rings is 1. The molecule has 5 rings (SSSR count). The number of aromatic nitrogens is 4. The van der Waals surface area contributed by atoms with Crippen LogP contribution in [0, 0.1) is 11.6 Å². The summed E-state index contributed by atoms with van der Waals surface area (Å²) in [5.74, 6) is -0.421. The molecule has 1 atom stereocenters. The average molecular weight is 445 g/mol. The van der Waals surface area contributed by atoms with Crippen molar-refractivity contribution in [2.45, 2.75) is 57.9 Å². The minimum Gasteiger partial charge on any atom is -0.495 e. The second-order valence-corrected chi connectivity index (χ2v) is 7.98. The Labute approximate surface area is 186 Å². The van der Waals surface area contributed by atoms with Crippen LogP contribution in [0.15, 0.2) is 18.3 Å². The van der Waals surface area contributed by atoms with Crippen LogP contribution in [-0.2, 0) is 0 Å². The number of anilines is 1. The van der Waals surface area contributed by atoms with Gasteiger partial charge in [0, 0.05) is 30.6 Å². The third-order valence-corrected chi connectivity index (χ3v) is 6.02. The van der Waals surface area contributed by atoms with Gasteiger partial charge in [-0.05, 0) is 25.8 Å². The van der Waals surface area contributed by atoms with Crippen LogP contribution in [-0.4, -0.2) is 45.8 Å². The molecule has 3 aromatic rings. The molecule has 0 spiro atoms. The molecule has 2 fully saturated rings. The number of ether oxygens (including phenoxy) is 1. The maximum Gasteiger partial charge on any atom is 0.168 e. The standard InChI is InChI=1S/C21H24F2N6O.C2H6/c1-30-17-9-18-25-11-16(29(18)28-19(17)12-4-2-3-5-12)20-14(22)8-15(23)21(27-20)26-13-6-7-24-10-13;1-2/h8-9,11-13,24H,2-7,10H2,1H3,(H,26,27);1-2H3. The molecule has 1 saturated carbocycles. The van der Waals surface area contributed by atoms with Crippen LogP contribution in [0.2, 0.25) is 0 Å². The third-order valence-electron chi connectivity index (χ3n) is 6.02. The summed E-state index contributed by atoms with van der Waals surface area (Å²) in [4.78, 5) is 8.63. The van der Waals surface area contributed by atoms with Crippen LogP contribution >= 0.6 is 0 Å². The largest absolute Gasteiger partial charge is 0.495 e. The Balaban J connectivity index is 0.00000119. The van der Waals surface area contributed by atoms with Crippen molar-refractivity contribution in [2.24, 2.45) is 0 Å². The smallest absolute Gasteiger partial charge is 0.168 e. The molecule has 1 aliphatic heterocycles. The average Bonchev–Trinajstić information content (AvgIpc) is 3.58. The predicted molar refractivity (Wildman–Crippen MR) is 120 cm³/mol. The molecule has 3 aromatic heterocycles. The predicted octanol–water partition coefficient (Wildman–Crippen LogP) is 4.54. The van der Waals surface area contributed by atoms with Gasteiger partial charge in [0.25, 0.3) is 0 Å². The van der Waals surface area contributed by atoms with Crippen LogP contribution < -0.4 is 15.4 Å². The molecule has 2 N–H and O–H groups in total. The zero-order valence-electron chi connectivity index (χ0n) is 18.8. The van der Waals surface area contributed by atoms with E-state index in [0.29, 0.717) is 23.0 Å². The summed E-state index contributed by atoms with van der Waals surface area (Å²) in [6.07, 6.45) is 6.78. The first kappa shape index (κ1) is 22.4.